The smallest absolute Gasteiger partial charge is 0.138 e. The standard InChI is InChI=1S/C16H22N4O/c1-16(2,3)15-19-13(17)10-14(20-15)18-9-8-11-4-6-12(21)7-5-11/h4-7,10,21H,8-9H2,1-3H3,(H3,17,18,19,20). The lowest BCUT2D eigenvalue weighted by molar-refractivity contribution is 0.475. The largest absolute Gasteiger partial charge is 0.508 e. The molecule has 0 aliphatic heterocycles. The summed E-state index contributed by atoms with van der Waals surface area (Å²) in [4.78, 5) is 8.79. The number of nitrogen functional groups attached to an aromatic ring is 1. The zero-order valence-electron chi connectivity index (χ0n) is 12.7. The van der Waals surface area contributed by atoms with Crippen LogP contribution < -0.4 is 11.1 Å². The predicted molar refractivity (Wildman–Crippen MR) is 85.4 cm³/mol. The van der Waals surface area contributed by atoms with Gasteiger partial charge >= 0.3 is 0 Å². The fourth-order valence-electron chi connectivity index (χ4n) is 1.89. The predicted octanol–water partition coefficient (Wildman–Crippen LogP) is 2.72. The van der Waals surface area contributed by atoms with E-state index in [0.29, 0.717) is 5.82 Å². The van der Waals surface area contributed by atoms with Crippen molar-refractivity contribution in [2.75, 3.05) is 17.6 Å². The van der Waals surface area contributed by atoms with Gasteiger partial charge in [-0.1, -0.05) is 32.9 Å². The number of hydrogen-bond donors (Lipinski definition) is 3. The molecule has 21 heavy (non-hydrogen) atoms. The molecule has 0 saturated carbocycles. The first-order chi connectivity index (χ1) is 9.84. The Balaban J connectivity index is 2.00. The minimum atomic E-state index is -0.136. The number of benzene rings is 1. The van der Waals surface area contributed by atoms with E-state index in [1.54, 1.807) is 18.2 Å². The van der Waals surface area contributed by atoms with Crippen LogP contribution in [-0.4, -0.2) is 21.6 Å². The molecule has 0 atom stereocenters. The average molecular weight is 286 g/mol. The van der Waals surface area contributed by atoms with Crippen LogP contribution >= 0.6 is 0 Å². The topological polar surface area (TPSA) is 84.1 Å². The fraction of sp³-hybridized carbons (Fsp3) is 0.375. The maximum atomic E-state index is 9.25. The molecule has 0 aliphatic carbocycles. The number of aromatic hydroxyl groups is 1. The molecule has 112 valence electrons. The minimum absolute atomic E-state index is 0.136. The fourth-order valence-corrected chi connectivity index (χ4v) is 1.89. The van der Waals surface area contributed by atoms with Crippen LogP contribution in [0.5, 0.6) is 5.75 Å². The Hall–Kier alpha value is -2.30. The van der Waals surface area contributed by atoms with Crippen LogP contribution in [0, 0.1) is 0 Å². The van der Waals surface area contributed by atoms with Crippen molar-refractivity contribution in [3.63, 3.8) is 0 Å². The van der Waals surface area contributed by atoms with Crippen molar-refractivity contribution in [1.29, 1.82) is 0 Å². The molecule has 2 aromatic rings. The van der Waals surface area contributed by atoms with Crippen molar-refractivity contribution in [1.82, 2.24) is 9.97 Å². The number of phenols is 1. The molecule has 0 spiro atoms. The number of nitrogens with one attached hydrogen (secondary N) is 1. The van der Waals surface area contributed by atoms with Crippen LogP contribution in [0.4, 0.5) is 11.6 Å². The van der Waals surface area contributed by atoms with Gasteiger partial charge < -0.3 is 16.2 Å². The van der Waals surface area contributed by atoms with E-state index in [9.17, 15) is 5.11 Å². The van der Waals surface area contributed by atoms with E-state index >= 15 is 0 Å². The highest BCUT2D eigenvalue weighted by Crippen LogP contribution is 2.21. The third kappa shape index (κ3) is 4.34. The molecule has 0 saturated heterocycles. The lowest BCUT2D eigenvalue weighted by Gasteiger charge is -2.18. The molecule has 0 bridgehead atoms. The third-order valence-electron chi connectivity index (χ3n) is 3.07. The van der Waals surface area contributed by atoms with Crippen molar-refractivity contribution in [2.45, 2.75) is 32.6 Å². The van der Waals surface area contributed by atoms with Gasteiger partial charge in [0.25, 0.3) is 0 Å². The summed E-state index contributed by atoms with van der Waals surface area (Å²) in [5.41, 5.74) is 6.85. The monoisotopic (exact) mass is 286 g/mol. The minimum Gasteiger partial charge on any atom is -0.508 e. The number of hydrogen-bond acceptors (Lipinski definition) is 5. The van der Waals surface area contributed by atoms with Crippen LogP contribution in [0.15, 0.2) is 30.3 Å². The van der Waals surface area contributed by atoms with Crippen LogP contribution in [0.1, 0.15) is 32.2 Å². The molecule has 0 unspecified atom stereocenters. The van der Waals surface area contributed by atoms with Crippen molar-refractivity contribution < 1.29 is 5.11 Å². The average Bonchev–Trinajstić information content (AvgIpc) is 2.39. The lowest BCUT2D eigenvalue weighted by atomic mass is 9.96. The summed E-state index contributed by atoms with van der Waals surface area (Å²) in [7, 11) is 0. The van der Waals surface area contributed by atoms with Gasteiger partial charge in [-0.3, -0.25) is 0 Å². The van der Waals surface area contributed by atoms with E-state index in [2.05, 4.69) is 36.1 Å². The number of nitrogens with two attached hydrogens (primary N) is 1. The van der Waals surface area contributed by atoms with Crippen LogP contribution in [-0.2, 0) is 11.8 Å². The Morgan fingerprint density at radius 2 is 1.81 bits per heavy atom. The molecule has 5 nitrogen and oxygen atoms in total. The van der Waals surface area contributed by atoms with Crippen LogP contribution in [0.25, 0.3) is 0 Å². The van der Waals surface area contributed by atoms with Gasteiger partial charge in [0.15, 0.2) is 0 Å². The van der Waals surface area contributed by atoms with E-state index in [-0.39, 0.29) is 11.2 Å². The Bertz CT molecular complexity index is 603. The molecule has 1 aromatic carbocycles. The highest BCUT2D eigenvalue weighted by molar-refractivity contribution is 5.45. The molecular weight excluding hydrogens is 264 g/mol. The first kappa shape index (κ1) is 15.1. The number of phenolic OH excluding ortho intramolecular Hbond substituents is 1. The van der Waals surface area contributed by atoms with Gasteiger partial charge in [-0.2, -0.15) is 0 Å². The highest BCUT2D eigenvalue weighted by Gasteiger charge is 2.18. The van der Waals surface area contributed by atoms with E-state index in [1.165, 1.54) is 0 Å². The maximum absolute atomic E-state index is 9.25. The number of aromatic nitrogens is 2. The highest BCUT2D eigenvalue weighted by atomic mass is 16.3. The number of nitrogens with zero attached hydrogens (tertiary/aromatic N) is 2. The van der Waals surface area contributed by atoms with Crippen LogP contribution in [0.3, 0.4) is 0 Å². The van der Waals surface area contributed by atoms with Gasteiger partial charge in [0.2, 0.25) is 0 Å². The summed E-state index contributed by atoms with van der Waals surface area (Å²) in [6.45, 7) is 6.91. The van der Waals surface area contributed by atoms with Gasteiger partial charge in [-0.25, -0.2) is 9.97 Å². The van der Waals surface area contributed by atoms with Crippen molar-refractivity contribution in [3.05, 3.63) is 41.7 Å². The summed E-state index contributed by atoms with van der Waals surface area (Å²) in [5.74, 6) is 2.23. The summed E-state index contributed by atoms with van der Waals surface area (Å²) in [6, 6.07) is 8.94. The third-order valence-corrected chi connectivity index (χ3v) is 3.07. The SMILES string of the molecule is CC(C)(C)c1nc(N)cc(NCCc2ccc(O)cc2)n1. The van der Waals surface area contributed by atoms with Crippen molar-refractivity contribution in [2.24, 2.45) is 0 Å². The van der Waals surface area contributed by atoms with E-state index in [0.717, 1.165) is 30.2 Å². The quantitative estimate of drug-likeness (QED) is 0.805. The molecule has 4 N–H and O–H groups in total. The maximum Gasteiger partial charge on any atom is 0.138 e. The molecule has 0 radical (unpaired) electrons. The second kappa shape index (κ2) is 5.99. The Kier molecular flexibility index (Phi) is 4.31. The zero-order chi connectivity index (χ0) is 15.5. The molecule has 1 aromatic heterocycles. The first-order valence-corrected chi connectivity index (χ1v) is 7.01. The van der Waals surface area contributed by atoms with Crippen LogP contribution in [0.2, 0.25) is 0 Å². The van der Waals surface area contributed by atoms with Crippen molar-refractivity contribution >= 4 is 11.6 Å². The number of rotatable bonds is 4. The molecule has 5 heteroatoms. The normalized spacial score (nSPS) is 11.4. The summed E-state index contributed by atoms with van der Waals surface area (Å²) in [6.07, 6.45) is 0.842. The first-order valence-electron chi connectivity index (χ1n) is 7.01. The molecular formula is C16H22N4O. The van der Waals surface area contributed by atoms with Gasteiger partial charge in [0.05, 0.1) is 0 Å². The van der Waals surface area contributed by atoms with E-state index < -0.39 is 0 Å². The Labute approximate surface area is 125 Å². The second-order valence-corrected chi connectivity index (χ2v) is 6.09. The summed E-state index contributed by atoms with van der Waals surface area (Å²) >= 11 is 0. The summed E-state index contributed by atoms with van der Waals surface area (Å²) < 4.78 is 0. The molecule has 1 heterocycles. The van der Waals surface area contributed by atoms with Gasteiger partial charge in [0, 0.05) is 18.0 Å². The van der Waals surface area contributed by atoms with E-state index in [4.69, 9.17) is 5.73 Å². The summed E-state index contributed by atoms with van der Waals surface area (Å²) in [5, 5.41) is 12.5. The second-order valence-electron chi connectivity index (χ2n) is 6.09. The zero-order valence-corrected chi connectivity index (χ0v) is 12.7. The molecule has 0 amide bonds. The number of anilines is 2. The molecule has 0 fully saturated rings. The Morgan fingerprint density at radius 3 is 2.43 bits per heavy atom. The van der Waals surface area contributed by atoms with E-state index in [1.807, 2.05) is 12.1 Å². The molecule has 2 rings (SSSR count). The Morgan fingerprint density at radius 1 is 1.14 bits per heavy atom. The van der Waals surface area contributed by atoms with Gasteiger partial charge in [-0.15, -0.1) is 0 Å². The van der Waals surface area contributed by atoms with Crippen molar-refractivity contribution in [3.8, 4) is 5.75 Å². The van der Waals surface area contributed by atoms with Gasteiger partial charge in [-0.05, 0) is 24.1 Å². The molecule has 0 aliphatic rings. The lowest BCUT2D eigenvalue weighted by Crippen LogP contribution is -2.18. The van der Waals surface area contributed by atoms with Gasteiger partial charge in [0.1, 0.15) is 23.2 Å².